The predicted octanol–water partition coefficient (Wildman–Crippen LogP) is 4.97. The van der Waals surface area contributed by atoms with E-state index in [9.17, 15) is 14.4 Å². The van der Waals surface area contributed by atoms with Crippen LogP contribution >= 0.6 is 34.4 Å². The van der Waals surface area contributed by atoms with Gasteiger partial charge in [0.2, 0.25) is 5.91 Å². The number of thioether (sulfide) groups is 1. The molecule has 0 aliphatic carbocycles. The van der Waals surface area contributed by atoms with Crippen LogP contribution in [0.15, 0.2) is 10.5 Å². The molecule has 0 aliphatic rings. The van der Waals surface area contributed by atoms with Gasteiger partial charge in [0.1, 0.15) is 5.00 Å². The number of hydrogen-bond acceptors (Lipinski definition) is 9. The monoisotopic (exact) mass is 535 g/mol. The Kier molecular flexibility index (Phi) is 8.39. The van der Waals surface area contributed by atoms with Crippen molar-refractivity contribution in [2.45, 2.75) is 65.8 Å². The summed E-state index contributed by atoms with van der Waals surface area (Å²) in [7, 11) is 0. The summed E-state index contributed by atoms with van der Waals surface area (Å²) < 4.78 is 7.31. The number of anilines is 1. The van der Waals surface area contributed by atoms with Crippen LogP contribution in [0.2, 0.25) is 0 Å². The Morgan fingerprint density at radius 2 is 1.83 bits per heavy atom. The Labute approximate surface area is 216 Å². The largest absolute Gasteiger partial charge is 0.459 e. The van der Waals surface area contributed by atoms with Crippen LogP contribution in [-0.2, 0) is 9.53 Å². The molecule has 0 aromatic carbocycles. The van der Waals surface area contributed by atoms with Crippen LogP contribution in [0.3, 0.4) is 0 Å². The van der Waals surface area contributed by atoms with E-state index in [-0.39, 0.29) is 39.2 Å². The lowest BCUT2D eigenvalue weighted by atomic mass is 10.1. The van der Waals surface area contributed by atoms with Crippen LogP contribution < -0.4 is 11.1 Å². The molecular formula is C23H29N5O4S3. The van der Waals surface area contributed by atoms with E-state index < -0.39 is 11.9 Å². The number of nitrogens with two attached hydrogens (primary N) is 1. The first-order chi connectivity index (χ1) is 16.4. The Balaban J connectivity index is 1.82. The van der Waals surface area contributed by atoms with Gasteiger partial charge in [0.15, 0.2) is 11.0 Å². The molecule has 0 aliphatic heterocycles. The molecule has 0 saturated carbocycles. The van der Waals surface area contributed by atoms with E-state index in [1.54, 1.807) is 32.1 Å². The smallest absolute Gasteiger partial charge is 0.341 e. The summed E-state index contributed by atoms with van der Waals surface area (Å²) in [5.74, 6) is -0.836. The fourth-order valence-electron chi connectivity index (χ4n) is 3.41. The van der Waals surface area contributed by atoms with Crippen molar-refractivity contribution in [2.24, 2.45) is 5.73 Å². The molecule has 2 amide bonds. The van der Waals surface area contributed by atoms with Crippen molar-refractivity contribution in [1.82, 2.24) is 14.8 Å². The first-order valence-electron chi connectivity index (χ1n) is 11.0. The lowest BCUT2D eigenvalue weighted by Gasteiger charge is -2.14. The summed E-state index contributed by atoms with van der Waals surface area (Å²) >= 11 is 3.88. The van der Waals surface area contributed by atoms with Gasteiger partial charge in [-0.1, -0.05) is 11.8 Å². The first-order valence-corrected chi connectivity index (χ1v) is 13.7. The van der Waals surface area contributed by atoms with E-state index in [4.69, 9.17) is 10.5 Å². The number of aryl methyl sites for hydroxylation is 1. The fourth-order valence-corrected chi connectivity index (χ4v) is 6.20. The number of amides is 2. The molecule has 3 aromatic rings. The van der Waals surface area contributed by atoms with Gasteiger partial charge in [-0.05, 0) is 59.6 Å². The number of thiophene rings is 2. The van der Waals surface area contributed by atoms with Crippen molar-refractivity contribution >= 4 is 57.2 Å². The van der Waals surface area contributed by atoms with Crippen LogP contribution in [0, 0.1) is 20.8 Å². The lowest BCUT2D eigenvalue weighted by molar-refractivity contribution is -0.113. The van der Waals surface area contributed by atoms with Gasteiger partial charge in [0.05, 0.1) is 22.3 Å². The molecule has 0 bridgehead atoms. The summed E-state index contributed by atoms with van der Waals surface area (Å²) in [5.41, 5.74) is 8.19. The summed E-state index contributed by atoms with van der Waals surface area (Å²) in [5, 5.41) is 14.4. The van der Waals surface area contributed by atoms with Gasteiger partial charge in [-0.3, -0.25) is 14.2 Å². The predicted molar refractivity (Wildman–Crippen MR) is 141 cm³/mol. The van der Waals surface area contributed by atoms with E-state index in [2.05, 4.69) is 34.7 Å². The average Bonchev–Trinajstić information content (AvgIpc) is 3.42. The molecule has 3 heterocycles. The topological polar surface area (TPSA) is 129 Å². The molecule has 9 nitrogen and oxygen atoms in total. The Morgan fingerprint density at radius 1 is 1.14 bits per heavy atom. The fraction of sp³-hybridized carbons (Fsp3) is 0.435. The van der Waals surface area contributed by atoms with Gasteiger partial charge in [-0.2, -0.15) is 0 Å². The molecule has 188 valence electrons. The van der Waals surface area contributed by atoms with Crippen molar-refractivity contribution in [3.8, 4) is 11.4 Å². The highest BCUT2D eigenvalue weighted by atomic mass is 32.2. The number of esters is 1. The van der Waals surface area contributed by atoms with E-state index in [0.717, 1.165) is 28.3 Å². The third-order valence-electron chi connectivity index (χ3n) is 5.21. The van der Waals surface area contributed by atoms with Gasteiger partial charge in [-0.15, -0.1) is 32.9 Å². The lowest BCUT2D eigenvalue weighted by Crippen LogP contribution is -2.18. The second-order valence-corrected chi connectivity index (χ2v) is 11.6. The van der Waals surface area contributed by atoms with Gasteiger partial charge in [0.25, 0.3) is 5.91 Å². The molecule has 12 heteroatoms. The van der Waals surface area contributed by atoms with Gasteiger partial charge in [-0.25, -0.2) is 4.79 Å². The number of nitrogens with zero attached hydrogens (tertiary/aromatic N) is 3. The average molecular weight is 536 g/mol. The molecule has 0 spiro atoms. The summed E-state index contributed by atoms with van der Waals surface area (Å²) in [6.45, 7) is 13.3. The number of carbonyl (C=O) groups excluding carboxylic acids is 3. The molecule has 0 unspecified atom stereocenters. The Bertz CT molecular complexity index is 1270. The van der Waals surface area contributed by atoms with E-state index in [1.165, 1.54) is 16.6 Å². The Hall–Kier alpha value is -2.70. The number of primary amides is 1. The SMILES string of the molecule is Cc1scc(-c2nnc(SCC(=O)Nc3sc(C(N)=O)c(C)c3C(=O)OC(C)C)n2C(C)C)c1C. The summed E-state index contributed by atoms with van der Waals surface area (Å²) in [6.07, 6.45) is -0.356. The van der Waals surface area contributed by atoms with Gasteiger partial charge in [0, 0.05) is 21.9 Å². The zero-order chi connectivity index (χ0) is 26.0. The number of hydrogen-bond donors (Lipinski definition) is 2. The number of nitrogens with one attached hydrogen (secondary N) is 1. The van der Waals surface area contributed by atoms with Gasteiger partial charge >= 0.3 is 5.97 Å². The standard InChI is InChI=1S/C23H29N5O4S3/c1-10(2)28-20(15-8-33-14(7)12(15)5)26-27-23(28)34-9-16(29)25-21-17(22(31)32-11(3)4)13(6)18(35-21)19(24)30/h8,10-11H,9H2,1-7H3,(H2,24,30)(H,25,29). The van der Waals surface area contributed by atoms with Crippen LogP contribution in [0.4, 0.5) is 5.00 Å². The van der Waals surface area contributed by atoms with E-state index in [0.29, 0.717) is 10.7 Å². The maximum absolute atomic E-state index is 12.8. The molecule has 0 atom stereocenters. The second kappa shape index (κ2) is 10.9. The van der Waals surface area contributed by atoms with Crippen molar-refractivity contribution in [1.29, 1.82) is 0 Å². The molecular weight excluding hydrogens is 506 g/mol. The molecule has 0 radical (unpaired) electrons. The highest BCUT2D eigenvalue weighted by Gasteiger charge is 2.27. The first kappa shape index (κ1) is 26.9. The maximum atomic E-state index is 12.8. The molecule has 3 N–H and O–H groups in total. The zero-order valence-electron chi connectivity index (χ0n) is 20.7. The Morgan fingerprint density at radius 3 is 2.37 bits per heavy atom. The highest BCUT2D eigenvalue weighted by molar-refractivity contribution is 7.99. The molecule has 3 rings (SSSR count). The van der Waals surface area contributed by atoms with Crippen LogP contribution in [-0.4, -0.2) is 44.4 Å². The van der Waals surface area contributed by atoms with E-state index >= 15 is 0 Å². The number of carbonyl (C=O) groups is 3. The van der Waals surface area contributed by atoms with Crippen molar-refractivity contribution in [3.63, 3.8) is 0 Å². The van der Waals surface area contributed by atoms with Crippen LogP contribution in [0.1, 0.15) is 69.8 Å². The zero-order valence-corrected chi connectivity index (χ0v) is 23.2. The third kappa shape index (κ3) is 5.76. The minimum Gasteiger partial charge on any atom is -0.459 e. The van der Waals surface area contributed by atoms with Crippen molar-refractivity contribution in [2.75, 3.05) is 11.1 Å². The minimum absolute atomic E-state index is 0.0357. The highest BCUT2D eigenvalue weighted by Crippen LogP contribution is 2.35. The quantitative estimate of drug-likeness (QED) is 0.292. The molecule has 35 heavy (non-hydrogen) atoms. The summed E-state index contributed by atoms with van der Waals surface area (Å²) in [4.78, 5) is 38.7. The van der Waals surface area contributed by atoms with Crippen LogP contribution in [0.5, 0.6) is 0 Å². The third-order valence-corrected chi connectivity index (χ3v) is 8.39. The molecule has 0 saturated heterocycles. The molecule has 3 aromatic heterocycles. The van der Waals surface area contributed by atoms with Crippen LogP contribution in [0.25, 0.3) is 11.4 Å². The van der Waals surface area contributed by atoms with E-state index in [1.807, 2.05) is 18.4 Å². The minimum atomic E-state index is -0.669. The normalized spacial score (nSPS) is 11.3. The van der Waals surface area contributed by atoms with Gasteiger partial charge < -0.3 is 15.8 Å². The molecule has 0 fully saturated rings. The second-order valence-electron chi connectivity index (χ2n) is 8.52. The number of ether oxygens (including phenoxy) is 1. The number of aromatic nitrogens is 3. The van der Waals surface area contributed by atoms with Crippen molar-refractivity contribution in [3.05, 3.63) is 31.8 Å². The maximum Gasteiger partial charge on any atom is 0.341 e. The van der Waals surface area contributed by atoms with Crippen molar-refractivity contribution < 1.29 is 19.1 Å². The summed E-state index contributed by atoms with van der Waals surface area (Å²) in [6, 6.07) is 0.0839. The number of rotatable bonds is 9.